The Kier molecular flexibility index (Phi) is 40.0. The van der Waals surface area contributed by atoms with E-state index in [1.807, 2.05) is 0 Å². The zero-order chi connectivity index (χ0) is 71.2. The van der Waals surface area contributed by atoms with Gasteiger partial charge in [-0.2, -0.15) is 0 Å². The van der Waals surface area contributed by atoms with Gasteiger partial charge in [-0.05, 0) is 67.5 Å². The normalized spacial score (nSPS) is 20.4. The molecule has 38 heteroatoms. The minimum atomic E-state index is -2.00. The van der Waals surface area contributed by atoms with Crippen LogP contribution in [-0.2, 0) is 84.8 Å². The SMILES string of the molecule is [CH2-]C(=O)NCCN(CCNC([CH2-])=O)CC(=O)NCC(=O)NCC(=O)NC(CC(C)C)C(=O)N1CCC[C@H]1C(=O)N[C@H]1CSSC[C@@H](C(=O)NC)NC(=O)[C@H](C(C)O)NC(=O)CNC(=O)[C@H](Cc2ccc(O)cc2)NC(=O)[C@H](Cc2ccc(O)cc2)NC(=O)[C@H](CC(=O)O)NC1=O.[Gd].[Gd]. The van der Waals surface area contributed by atoms with E-state index in [-0.39, 0.29) is 174 Å². The van der Waals surface area contributed by atoms with Crippen LogP contribution in [0.3, 0.4) is 0 Å². The van der Waals surface area contributed by atoms with Crippen molar-refractivity contribution in [1.29, 1.82) is 0 Å². The van der Waals surface area contributed by atoms with Gasteiger partial charge in [0.05, 0.1) is 50.5 Å². The Hall–Kier alpha value is -6.90. The molecule has 0 aromatic heterocycles. The number of aromatic hydroxyl groups is 2. The quantitative estimate of drug-likeness (QED) is 0.0308. The van der Waals surface area contributed by atoms with Crippen LogP contribution in [0.25, 0.3) is 0 Å². The van der Waals surface area contributed by atoms with Crippen molar-refractivity contribution in [3.05, 3.63) is 73.5 Å². The first-order valence-electron chi connectivity index (χ1n) is 30.5. The van der Waals surface area contributed by atoms with Gasteiger partial charge < -0.3 is 118 Å². The molecule has 2 aliphatic rings. The van der Waals surface area contributed by atoms with Gasteiger partial charge in [0.1, 0.15) is 59.8 Å². The van der Waals surface area contributed by atoms with Crippen molar-refractivity contribution in [2.45, 2.75) is 114 Å². The summed E-state index contributed by atoms with van der Waals surface area (Å²) in [5.74, 6) is -15.1. The molecule has 544 valence electrons. The molecule has 0 radical (unpaired) electrons. The van der Waals surface area contributed by atoms with E-state index in [1.165, 1.54) is 67.4 Å². The molecule has 2 unspecified atom stereocenters. The van der Waals surface area contributed by atoms with E-state index >= 15 is 0 Å². The Morgan fingerprint density at radius 3 is 1.70 bits per heavy atom. The van der Waals surface area contributed by atoms with Crippen molar-refractivity contribution in [3.8, 4) is 11.5 Å². The summed E-state index contributed by atoms with van der Waals surface area (Å²) < 4.78 is 0. The second-order valence-electron chi connectivity index (χ2n) is 22.8. The van der Waals surface area contributed by atoms with Crippen molar-refractivity contribution in [1.82, 2.24) is 78.9 Å². The number of rotatable bonds is 26. The molecule has 34 nitrogen and oxygen atoms in total. The summed E-state index contributed by atoms with van der Waals surface area (Å²) in [6.45, 7) is 9.44. The number of carbonyl (C=O) groups is 15. The summed E-state index contributed by atoms with van der Waals surface area (Å²) in [6, 6.07) is -1.83. The number of likely N-dealkylation sites (tertiary alicyclic amines) is 1. The number of carbonyl (C=O) groups excluding carboxylic acids is 14. The number of phenols is 2. The summed E-state index contributed by atoms with van der Waals surface area (Å²) in [7, 11) is 3.00. The van der Waals surface area contributed by atoms with E-state index in [2.05, 4.69) is 83.0 Å². The Bertz CT molecular complexity index is 3080. The maximum Gasteiger partial charge on any atom is 0.305 e. The van der Waals surface area contributed by atoms with Crippen LogP contribution in [0, 0.1) is 99.6 Å². The number of aliphatic carboxylic acids is 1. The van der Waals surface area contributed by atoms with Crippen LogP contribution in [0.4, 0.5) is 0 Å². The number of hydrogen-bond acceptors (Lipinski definition) is 21. The molecule has 2 saturated heterocycles. The zero-order valence-electron chi connectivity index (χ0n) is 54.2. The largest absolute Gasteiger partial charge is 0.508 e. The molecule has 0 bridgehead atoms. The molecule has 0 saturated carbocycles. The van der Waals surface area contributed by atoms with E-state index < -0.39 is 175 Å². The average Bonchev–Trinajstić information content (AvgIpc) is 1.52. The van der Waals surface area contributed by atoms with Crippen molar-refractivity contribution in [2.24, 2.45) is 5.92 Å². The van der Waals surface area contributed by atoms with E-state index in [0.29, 0.717) is 11.1 Å². The maximum absolute atomic E-state index is 14.6. The van der Waals surface area contributed by atoms with Crippen LogP contribution in [0.1, 0.15) is 57.6 Å². The molecular weight excluding hydrogens is 1610 g/mol. The van der Waals surface area contributed by atoms with Crippen LogP contribution in [-0.4, -0.2) is 251 Å². The molecule has 9 atom stereocenters. The Morgan fingerprint density at radius 2 is 1.17 bits per heavy atom. The number of likely N-dealkylation sites (N-methyl/N-ethyl adjacent to an activating group) is 1. The number of hydrogen-bond donors (Lipinski definition) is 17. The topological polar surface area (TPSA) is 500 Å². The minimum Gasteiger partial charge on any atom is -0.508 e. The molecule has 2 heterocycles. The van der Waals surface area contributed by atoms with Crippen LogP contribution in [0.2, 0.25) is 0 Å². The van der Waals surface area contributed by atoms with Gasteiger partial charge in [-0.1, -0.05) is 59.7 Å². The second kappa shape index (κ2) is 45.0. The number of aliphatic hydroxyl groups is 1. The number of nitrogens with one attached hydrogen (secondary N) is 13. The molecule has 0 aliphatic carbocycles. The minimum absolute atomic E-state index is 0. The summed E-state index contributed by atoms with van der Waals surface area (Å²) in [5, 5.41) is 72.7. The summed E-state index contributed by atoms with van der Waals surface area (Å²) in [4.78, 5) is 204. The summed E-state index contributed by atoms with van der Waals surface area (Å²) in [6.07, 6.45) is -3.06. The van der Waals surface area contributed by atoms with Crippen molar-refractivity contribution in [3.63, 3.8) is 0 Å². The predicted molar refractivity (Wildman–Crippen MR) is 346 cm³/mol. The van der Waals surface area contributed by atoms with Crippen LogP contribution in [0.5, 0.6) is 11.5 Å². The van der Waals surface area contributed by atoms with Gasteiger partial charge in [-0.15, -0.1) is 0 Å². The molecule has 98 heavy (non-hydrogen) atoms. The number of nitrogens with zero attached hydrogens (tertiary/aromatic N) is 2. The third-order valence-electron chi connectivity index (χ3n) is 14.5. The van der Waals surface area contributed by atoms with Crippen LogP contribution >= 0.6 is 21.6 Å². The summed E-state index contributed by atoms with van der Waals surface area (Å²) >= 11 is 0. The monoisotopic (exact) mass is 1700 g/mol. The fraction of sp³-hybridized carbons (Fsp3) is 0.517. The van der Waals surface area contributed by atoms with Gasteiger partial charge in [0.15, 0.2) is 0 Å². The van der Waals surface area contributed by atoms with Crippen molar-refractivity contribution in [2.75, 3.05) is 77.5 Å². The number of carboxylic acid groups (broad SMARTS) is 1. The standard InChI is InChI=1S/C60H85N15O19S2.2Gd/c1-32(2)22-43(67-48(82)27-64-47(81)26-65-50(84)29-74(20-17-62-34(4)77)21-18-63-35(5)78)60(94)75-19-7-8-46(75)58(92)71-45-31-96-95-30-44(53(87)61-6)72-59(93)52(33(3)76)73-49(83)28-66-54(88)40(23-36-9-13-38(79)14-10-36)68-55(89)41(24-37-11-15-39(80)16-12-37)69-56(90)42(25-51(85)86)70-57(45)91;;/h9-16,32-33,40-46,52,76,79-80H,4-5,7-8,17-31H2,1-3,6H3,(H,61,87)(H,62,77)(H,63,78)(H,64,81)(H,65,84)(H,66,88)(H,67,82)(H,68,89)(H,69,90)(H,70,91)(H,71,92)(H,72,93)(H,73,83)(H,85,86);;/q-2;;/t33?,40-,41-,42-,43?,44-,45-,46-,52-;;/m0../s1. The number of aliphatic hydroxyl groups excluding tert-OH is 1. The fourth-order valence-corrected chi connectivity index (χ4v) is 12.0. The first-order valence-corrected chi connectivity index (χ1v) is 33.0. The van der Waals surface area contributed by atoms with Gasteiger partial charge in [0.2, 0.25) is 70.9 Å². The van der Waals surface area contributed by atoms with Gasteiger partial charge in [-0.3, -0.25) is 67.2 Å². The zero-order valence-corrected chi connectivity index (χ0v) is 60.3. The van der Waals surface area contributed by atoms with E-state index in [4.69, 9.17) is 0 Å². The van der Waals surface area contributed by atoms with Gasteiger partial charge >= 0.3 is 5.97 Å². The number of phenolic OH excluding ortho intramolecular Hbond substituents is 2. The smallest absolute Gasteiger partial charge is 0.305 e. The summed E-state index contributed by atoms with van der Waals surface area (Å²) in [5.41, 5.74) is 0.693. The number of carboxylic acids is 1. The molecule has 4 rings (SSSR count). The van der Waals surface area contributed by atoms with Gasteiger partial charge in [0.25, 0.3) is 0 Å². The molecule has 0 spiro atoms. The Balaban J connectivity index is 0.0000163. The Morgan fingerprint density at radius 1 is 0.653 bits per heavy atom. The Labute approximate surface area is 637 Å². The number of amides is 14. The molecule has 17 N–H and O–H groups in total. The molecule has 2 aromatic rings. The number of benzene rings is 2. The van der Waals surface area contributed by atoms with Gasteiger partial charge in [-0.25, -0.2) is 0 Å². The third-order valence-corrected chi connectivity index (χ3v) is 17.0. The first-order chi connectivity index (χ1) is 45.4. The van der Waals surface area contributed by atoms with E-state index in [9.17, 15) is 92.3 Å². The fourth-order valence-electron chi connectivity index (χ4n) is 9.67. The molecule has 2 fully saturated rings. The predicted octanol–water partition coefficient (Wildman–Crippen LogP) is -6.14. The molecule has 2 aromatic carbocycles. The molecule has 14 amide bonds. The van der Waals surface area contributed by atoms with Crippen molar-refractivity contribution < 1.29 is 172 Å². The van der Waals surface area contributed by atoms with Gasteiger partial charge in [0, 0.05) is 144 Å². The maximum atomic E-state index is 14.6. The van der Waals surface area contributed by atoms with Crippen LogP contribution < -0.4 is 69.1 Å². The second-order valence-corrected chi connectivity index (χ2v) is 25.4. The third kappa shape index (κ3) is 32.0. The van der Waals surface area contributed by atoms with Crippen LogP contribution in [0.15, 0.2) is 48.5 Å². The van der Waals surface area contributed by atoms with E-state index in [1.54, 1.807) is 18.7 Å². The molecule has 2 aliphatic heterocycles. The first kappa shape index (κ1) is 87.2. The molecular formula is C60H85Gd2N15O19S2-2. The average molecular weight is 1700 g/mol. The van der Waals surface area contributed by atoms with E-state index in [0.717, 1.165) is 21.6 Å². The van der Waals surface area contributed by atoms with Crippen molar-refractivity contribution >= 4 is 110 Å².